The first-order valence-corrected chi connectivity index (χ1v) is 5.71. The van der Waals surface area contributed by atoms with E-state index >= 15 is 0 Å². The third kappa shape index (κ3) is 2.23. The van der Waals surface area contributed by atoms with Gasteiger partial charge in [-0.25, -0.2) is 0 Å². The summed E-state index contributed by atoms with van der Waals surface area (Å²) < 4.78 is 4.96. The highest BCUT2D eigenvalue weighted by atomic mass is 16.5. The van der Waals surface area contributed by atoms with Gasteiger partial charge in [-0.15, -0.1) is 0 Å². The molecule has 4 heteroatoms. The Bertz CT molecular complexity index is 277. The van der Waals surface area contributed by atoms with Crippen LogP contribution in [0.15, 0.2) is 0 Å². The molecule has 0 spiro atoms. The molecule has 2 N–H and O–H groups in total. The van der Waals surface area contributed by atoms with E-state index in [1.807, 2.05) is 13.8 Å². The van der Waals surface area contributed by atoms with Gasteiger partial charge in [-0.3, -0.25) is 4.79 Å². The first-order chi connectivity index (χ1) is 7.14. The maximum atomic E-state index is 11.6. The van der Waals surface area contributed by atoms with Crippen LogP contribution in [0.2, 0.25) is 0 Å². The van der Waals surface area contributed by atoms with E-state index in [0.29, 0.717) is 6.61 Å². The van der Waals surface area contributed by atoms with Gasteiger partial charge in [0.2, 0.25) is 0 Å². The van der Waals surface area contributed by atoms with Crippen LogP contribution in [0, 0.1) is 17.3 Å². The summed E-state index contributed by atoms with van der Waals surface area (Å²) in [6, 6.07) is 0. The first kappa shape index (κ1) is 13.5. The van der Waals surface area contributed by atoms with E-state index in [-0.39, 0.29) is 23.2 Å². The Kier molecular flexibility index (Phi) is 3.37. The highest BCUT2D eigenvalue weighted by Gasteiger charge is 2.67. The standard InChI is InChI=1S/C12H22O4/c1-6-16-10(14)8-7(11(8,2)3)9(13)12(4,5)15/h7-9,13,15H,6H2,1-5H3. The molecule has 0 heterocycles. The molecule has 1 rings (SSSR count). The Hall–Kier alpha value is -0.610. The molecule has 0 saturated heterocycles. The number of hydrogen-bond donors (Lipinski definition) is 2. The molecule has 1 aliphatic carbocycles. The second kappa shape index (κ2) is 4.00. The maximum Gasteiger partial charge on any atom is 0.309 e. The summed E-state index contributed by atoms with van der Waals surface area (Å²) >= 11 is 0. The first-order valence-electron chi connectivity index (χ1n) is 5.71. The van der Waals surface area contributed by atoms with Gasteiger partial charge >= 0.3 is 5.97 Å². The molecule has 0 aliphatic heterocycles. The summed E-state index contributed by atoms with van der Waals surface area (Å²) in [5.41, 5.74) is -1.49. The normalized spacial score (nSPS) is 29.7. The summed E-state index contributed by atoms with van der Waals surface area (Å²) in [6.07, 6.45) is -0.906. The SMILES string of the molecule is CCOC(=O)C1C(C(O)C(C)(C)O)C1(C)C. The van der Waals surface area contributed by atoms with E-state index < -0.39 is 11.7 Å². The predicted octanol–water partition coefficient (Wildman–Crippen LogP) is 0.953. The highest BCUT2D eigenvalue weighted by molar-refractivity contribution is 5.77. The van der Waals surface area contributed by atoms with Gasteiger partial charge in [-0.05, 0) is 26.2 Å². The van der Waals surface area contributed by atoms with Crippen molar-refractivity contribution in [2.45, 2.75) is 46.3 Å². The molecule has 0 radical (unpaired) electrons. The van der Waals surface area contributed by atoms with Crippen molar-refractivity contribution in [3.8, 4) is 0 Å². The number of aliphatic hydroxyl groups excluding tert-OH is 1. The molecule has 1 saturated carbocycles. The van der Waals surface area contributed by atoms with Crippen molar-refractivity contribution in [2.75, 3.05) is 6.61 Å². The van der Waals surface area contributed by atoms with Crippen molar-refractivity contribution in [3.05, 3.63) is 0 Å². The van der Waals surface area contributed by atoms with Gasteiger partial charge in [0.25, 0.3) is 0 Å². The van der Waals surface area contributed by atoms with Crippen molar-refractivity contribution < 1.29 is 19.7 Å². The Morgan fingerprint density at radius 1 is 1.50 bits per heavy atom. The van der Waals surface area contributed by atoms with Gasteiger partial charge in [0.15, 0.2) is 0 Å². The lowest BCUT2D eigenvalue weighted by molar-refractivity contribution is -0.146. The quantitative estimate of drug-likeness (QED) is 0.706. The third-order valence-electron chi connectivity index (χ3n) is 3.52. The van der Waals surface area contributed by atoms with Gasteiger partial charge in [0.05, 0.1) is 24.2 Å². The second-order valence-electron chi connectivity index (χ2n) is 5.68. The molecule has 0 bridgehead atoms. The van der Waals surface area contributed by atoms with Gasteiger partial charge in [0.1, 0.15) is 0 Å². The summed E-state index contributed by atoms with van der Waals surface area (Å²) in [5.74, 6) is -0.818. The Morgan fingerprint density at radius 3 is 2.38 bits per heavy atom. The molecule has 0 aromatic heterocycles. The molecule has 3 unspecified atom stereocenters. The largest absolute Gasteiger partial charge is 0.466 e. The molecular weight excluding hydrogens is 208 g/mol. The van der Waals surface area contributed by atoms with Crippen LogP contribution in [-0.4, -0.2) is 34.5 Å². The minimum Gasteiger partial charge on any atom is -0.466 e. The molecule has 3 atom stereocenters. The van der Waals surface area contributed by atoms with E-state index in [1.54, 1.807) is 20.8 Å². The van der Waals surface area contributed by atoms with Crippen LogP contribution in [0.3, 0.4) is 0 Å². The number of ether oxygens (including phenoxy) is 1. The fourth-order valence-electron chi connectivity index (χ4n) is 2.39. The van der Waals surface area contributed by atoms with Crippen molar-refractivity contribution in [1.82, 2.24) is 0 Å². The predicted molar refractivity (Wildman–Crippen MR) is 59.7 cm³/mol. The average molecular weight is 230 g/mol. The second-order valence-corrected chi connectivity index (χ2v) is 5.68. The number of carbonyl (C=O) groups excluding carboxylic acids is 1. The van der Waals surface area contributed by atoms with Gasteiger partial charge in [-0.1, -0.05) is 13.8 Å². The summed E-state index contributed by atoms with van der Waals surface area (Å²) in [4.78, 5) is 11.6. The molecule has 1 fully saturated rings. The minimum atomic E-state index is -1.19. The van der Waals surface area contributed by atoms with Gasteiger partial charge in [-0.2, -0.15) is 0 Å². The Balaban J connectivity index is 2.75. The molecule has 0 amide bonds. The number of esters is 1. The molecule has 94 valence electrons. The molecule has 16 heavy (non-hydrogen) atoms. The van der Waals surface area contributed by atoms with E-state index in [4.69, 9.17) is 4.74 Å². The Labute approximate surface area is 96.6 Å². The summed E-state index contributed by atoms with van der Waals surface area (Å²) in [6.45, 7) is 9.02. The van der Waals surface area contributed by atoms with Crippen molar-refractivity contribution in [1.29, 1.82) is 0 Å². The van der Waals surface area contributed by atoms with Crippen molar-refractivity contribution in [3.63, 3.8) is 0 Å². The van der Waals surface area contributed by atoms with Crippen LogP contribution in [0.1, 0.15) is 34.6 Å². The fourth-order valence-corrected chi connectivity index (χ4v) is 2.39. The smallest absolute Gasteiger partial charge is 0.309 e. The number of carbonyl (C=O) groups is 1. The topological polar surface area (TPSA) is 66.8 Å². The minimum absolute atomic E-state index is 0.230. The van der Waals surface area contributed by atoms with Crippen LogP contribution >= 0.6 is 0 Å². The number of hydrogen-bond acceptors (Lipinski definition) is 4. The molecule has 0 aromatic rings. The summed E-state index contributed by atoms with van der Waals surface area (Å²) in [5, 5.41) is 19.7. The molecular formula is C12H22O4. The summed E-state index contributed by atoms with van der Waals surface area (Å²) in [7, 11) is 0. The van der Waals surface area contributed by atoms with Crippen LogP contribution in [0.25, 0.3) is 0 Å². The zero-order chi connectivity index (χ0) is 12.7. The molecule has 1 aliphatic rings. The third-order valence-corrected chi connectivity index (χ3v) is 3.52. The lowest BCUT2D eigenvalue weighted by Gasteiger charge is -2.25. The monoisotopic (exact) mass is 230 g/mol. The van der Waals surface area contributed by atoms with Crippen molar-refractivity contribution >= 4 is 5.97 Å². The van der Waals surface area contributed by atoms with Crippen molar-refractivity contribution in [2.24, 2.45) is 17.3 Å². The van der Waals surface area contributed by atoms with Gasteiger partial charge < -0.3 is 14.9 Å². The zero-order valence-electron chi connectivity index (χ0n) is 10.7. The van der Waals surface area contributed by atoms with Crippen LogP contribution in [0.5, 0.6) is 0 Å². The van der Waals surface area contributed by atoms with E-state index in [2.05, 4.69) is 0 Å². The highest BCUT2D eigenvalue weighted by Crippen LogP contribution is 2.61. The van der Waals surface area contributed by atoms with E-state index in [0.717, 1.165) is 0 Å². The zero-order valence-corrected chi connectivity index (χ0v) is 10.7. The Morgan fingerprint density at radius 2 is 2.00 bits per heavy atom. The lowest BCUT2D eigenvalue weighted by atomic mass is 9.93. The maximum absolute atomic E-state index is 11.6. The van der Waals surface area contributed by atoms with Crippen LogP contribution < -0.4 is 0 Å². The lowest BCUT2D eigenvalue weighted by Crippen LogP contribution is -2.39. The number of aliphatic hydroxyl groups is 2. The van der Waals surface area contributed by atoms with Crippen LogP contribution in [0.4, 0.5) is 0 Å². The van der Waals surface area contributed by atoms with E-state index in [9.17, 15) is 15.0 Å². The van der Waals surface area contributed by atoms with E-state index in [1.165, 1.54) is 0 Å². The fraction of sp³-hybridized carbons (Fsp3) is 0.917. The average Bonchev–Trinajstić information content (AvgIpc) is 2.66. The molecule has 0 aromatic carbocycles. The van der Waals surface area contributed by atoms with Gasteiger partial charge in [0, 0.05) is 5.92 Å². The molecule has 4 nitrogen and oxygen atoms in total. The number of rotatable bonds is 4. The van der Waals surface area contributed by atoms with Crippen LogP contribution in [-0.2, 0) is 9.53 Å².